The first-order chi connectivity index (χ1) is 12.5. The first kappa shape index (κ1) is 21.9. The molecule has 0 aliphatic rings. The summed E-state index contributed by atoms with van der Waals surface area (Å²) in [5, 5.41) is 0. The van der Waals surface area contributed by atoms with Crippen LogP contribution in [0.1, 0.15) is 54.4 Å². The second-order valence-electron chi connectivity index (χ2n) is 6.98. The number of hydrogen-bond donors (Lipinski definition) is 0. The normalized spacial score (nSPS) is 10.5. The van der Waals surface area contributed by atoms with E-state index >= 15 is 0 Å². The summed E-state index contributed by atoms with van der Waals surface area (Å²) in [7, 11) is 0. The van der Waals surface area contributed by atoms with E-state index in [2.05, 4.69) is 79.5 Å². The number of anilines is 2. The lowest BCUT2D eigenvalue weighted by atomic mass is 10.2. The van der Waals surface area contributed by atoms with E-state index in [0.717, 1.165) is 18.9 Å². The largest absolute Gasteiger partial charge is 0.371 e. The van der Waals surface area contributed by atoms with Crippen molar-refractivity contribution in [2.45, 2.75) is 66.5 Å². The molecule has 2 aromatic heterocycles. The monoisotopic (exact) mass is 356 g/mol. The predicted octanol–water partition coefficient (Wildman–Crippen LogP) is 5.41. The zero-order chi connectivity index (χ0) is 19.4. The molecule has 4 heteroatoms. The zero-order valence-corrected chi connectivity index (χ0v) is 17.4. The summed E-state index contributed by atoms with van der Waals surface area (Å²) >= 11 is 0. The summed E-state index contributed by atoms with van der Waals surface area (Å²) < 4.78 is 0. The highest BCUT2D eigenvalue weighted by Gasteiger charge is 2.14. The van der Waals surface area contributed by atoms with Gasteiger partial charge in [0.05, 0.1) is 0 Å². The summed E-state index contributed by atoms with van der Waals surface area (Å²) in [6.45, 7) is 15.5. The van der Waals surface area contributed by atoms with Crippen LogP contribution in [0.2, 0.25) is 0 Å². The Labute approximate surface area is 160 Å². The standard InChI is InChI=1S/2C11H18N2/c1-9(2)13(10(3)4)11-7-5-6-8-12-11;1-3-9-13(10-4-2)11-5-7-12-8-6-11/h5-10H,1-4H3;5-8H,3-4,9-10H2,1-2H3. The Morgan fingerprint density at radius 2 is 1.38 bits per heavy atom. The summed E-state index contributed by atoms with van der Waals surface area (Å²) in [6.07, 6.45) is 7.94. The minimum atomic E-state index is 0.495. The maximum Gasteiger partial charge on any atom is 0.128 e. The number of pyridine rings is 2. The van der Waals surface area contributed by atoms with Crippen LogP contribution in [0.4, 0.5) is 11.5 Å². The fraction of sp³-hybridized carbons (Fsp3) is 0.545. The van der Waals surface area contributed by atoms with Crippen molar-refractivity contribution >= 4 is 11.5 Å². The van der Waals surface area contributed by atoms with Crippen molar-refractivity contribution in [3.8, 4) is 0 Å². The summed E-state index contributed by atoms with van der Waals surface area (Å²) in [4.78, 5) is 13.1. The topological polar surface area (TPSA) is 32.3 Å². The second-order valence-corrected chi connectivity index (χ2v) is 6.98. The fourth-order valence-corrected chi connectivity index (χ4v) is 3.10. The van der Waals surface area contributed by atoms with Crippen LogP contribution in [0, 0.1) is 0 Å². The predicted molar refractivity (Wildman–Crippen MR) is 114 cm³/mol. The molecule has 2 aromatic rings. The van der Waals surface area contributed by atoms with Crippen LogP contribution in [0.3, 0.4) is 0 Å². The zero-order valence-electron chi connectivity index (χ0n) is 17.4. The van der Waals surface area contributed by atoms with E-state index in [-0.39, 0.29) is 0 Å². The Morgan fingerprint density at radius 1 is 0.808 bits per heavy atom. The van der Waals surface area contributed by atoms with Crippen molar-refractivity contribution < 1.29 is 0 Å². The number of aromatic nitrogens is 2. The van der Waals surface area contributed by atoms with Crippen LogP contribution in [-0.4, -0.2) is 35.1 Å². The maximum atomic E-state index is 4.35. The first-order valence-electron chi connectivity index (χ1n) is 9.85. The smallest absolute Gasteiger partial charge is 0.128 e. The van der Waals surface area contributed by atoms with Crippen molar-refractivity contribution in [2.24, 2.45) is 0 Å². The molecule has 0 spiro atoms. The maximum absolute atomic E-state index is 4.35. The lowest BCUT2D eigenvalue weighted by Crippen LogP contribution is -2.37. The van der Waals surface area contributed by atoms with Crippen LogP contribution < -0.4 is 9.80 Å². The first-order valence-corrected chi connectivity index (χ1v) is 9.85. The highest BCUT2D eigenvalue weighted by Crippen LogP contribution is 2.16. The van der Waals surface area contributed by atoms with E-state index in [1.54, 1.807) is 0 Å². The van der Waals surface area contributed by atoms with Gasteiger partial charge < -0.3 is 9.80 Å². The molecular formula is C22H36N4. The molecule has 0 amide bonds. The average molecular weight is 357 g/mol. The van der Waals surface area contributed by atoms with E-state index in [1.165, 1.54) is 18.5 Å². The third-order valence-electron chi connectivity index (χ3n) is 4.04. The molecule has 0 bridgehead atoms. The number of nitrogens with zero attached hydrogens (tertiary/aromatic N) is 4. The van der Waals surface area contributed by atoms with Gasteiger partial charge in [0.15, 0.2) is 0 Å². The van der Waals surface area contributed by atoms with Gasteiger partial charge in [-0.3, -0.25) is 4.98 Å². The van der Waals surface area contributed by atoms with Gasteiger partial charge in [-0.2, -0.15) is 0 Å². The Bertz CT molecular complexity index is 555. The second kappa shape index (κ2) is 12.3. The number of rotatable bonds is 8. The quantitative estimate of drug-likeness (QED) is 0.633. The third-order valence-corrected chi connectivity index (χ3v) is 4.04. The molecule has 0 aliphatic carbocycles. The van der Waals surface area contributed by atoms with Crippen molar-refractivity contribution in [2.75, 3.05) is 22.9 Å². The van der Waals surface area contributed by atoms with Gasteiger partial charge in [0.25, 0.3) is 0 Å². The Morgan fingerprint density at radius 3 is 1.81 bits per heavy atom. The SMILES string of the molecule is CC(C)N(c1ccccn1)C(C)C.CCCN(CCC)c1ccncc1. The molecule has 0 atom stereocenters. The van der Waals surface area contributed by atoms with E-state index in [4.69, 9.17) is 0 Å². The minimum Gasteiger partial charge on any atom is -0.371 e. The molecule has 4 nitrogen and oxygen atoms in total. The van der Waals surface area contributed by atoms with Crippen LogP contribution >= 0.6 is 0 Å². The summed E-state index contributed by atoms with van der Waals surface area (Å²) in [5.41, 5.74) is 1.29. The van der Waals surface area contributed by atoms with Crippen LogP contribution in [0.25, 0.3) is 0 Å². The molecule has 2 rings (SSSR count). The van der Waals surface area contributed by atoms with Gasteiger partial charge in [-0.15, -0.1) is 0 Å². The molecule has 0 unspecified atom stereocenters. The summed E-state index contributed by atoms with van der Waals surface area (Å²) in [5.74, 6) is 1.06. The highest BCUT2D eigenvalue weighted by molar-refractivity contribution is 5.44. The van der Waals surface area contributed by atoms with Crippen LogP contribution in [0.15, 0.2) is 48.9 Å². The van der Waals surface area contributed by atoms with Gasteiger partial charge >= 0.3 is 0 Å². The van der Waals surface area contributed by atoms with Gasteiger partial charge in [-0.05, 0) is 64.8 Å². The van der Waals surface area contributed by atoms with Gasteiger partial charge in [0, 0.05) is 49.5 Å². The molecule has 0 aromatic carbocycles. The Kier molecular flexibility index (Phi) is 10.4. The van der Waals surface area contributed by atoms with Crippen LogP contribution in [-0.2, 0) is 0 Å². The van der Waals surface area contributed by atoms with Crippen molar-refractivity contribution in [1.82, 2.24) is 9.97 Å². The molecule has 2 heterocycles. The molecule has 0 saturated carbocycles. The van der Waals surface area contributed by atoms with E-state index in [1.807, 2.05) is 30.7 Å². The molecular weight excluding hydrogens is 320 g/mol. The van der Waals surface area contributed by atoms with Crippen molar-refractivity contribution in [1.29, 1.82) is 0 Å². The molecule has 0 radical (unpaired) electrons. The minimum absolute atomic E-state index is 0.495. The molecule has 144 valence electrons. The molecule has 26 heavy (non-hydrogen) atoms. The lowest BCUT2D eigenvalue weighted by Gasteiger charge is -2.31. The molecule has 0 aliphatic heterocycles. The van der Waals surface area contributed by atoms with Gasteiger partial charge in [0.2, 0.25) is 0 Å². The Balaban J connectivity index is 0.000000260. The Hall–Kier alpha value is -2.10. The number of hydrogen-bond acceptors (Lipinski definition) is 4. The van der Waals surface area contributed by atoms with Crippen molar-refractivity contribution in [3.63, 3.8) is 0 Å². The molecule has 0 N–H and O–H groups in total. The average Bonchev–Trinajstić information content (AvgIpc) is 2.63. The highest BCUT2D eigenvalue weighted by atomic mass is 15.2. The lowest BCUT2D eigenvalue weighted by molar-refractivity contribution is 0.600. The third kappa shape index (κ3) is 7.42. The van der Waals surface area contributed by atoms with Gasteiger partial charge in [-0.25, -0.2) is 4.98 Å². The van der Waals surface area contributed by atoms with Crippen LogP contribution in [0.5, 0.6) is 0 Å². The van der Waals surface area contributed by atoms with E-state index in [9.17, 15) is 0 Å². The molecule has 0 fully saturated rings. The van der Waals surface area contributed by atoms with E-state index in [0.29, 0.717) is 12.1 Å². The van der Waals surface area contributed by atoms with Crippen molar-refractivity contribution in [3.05, 3.63) is 48.9 Å². The van der Waals surface area contributed by atoms with E-state index < -0.39 is 0 Å². The molecule has 0 saturated heterocycles. The fourth-order valence-electron chi connectivity index (χ4n) is 3.10. The van der Waals surface area contributed by atoms with Gasteiger partial charge in [-0.1, -0.05) is 19.9 Å². The van der Waals surface area contributed by atoms with Gasteiger partial charge in [0.1, 0.15) is 5.82 Å². The summed E-state index contributed by atoms with van der Waals surface area (Å²) in [6, 6.07) is 11.2.